The molecule has 0 saturated carbocycles. The average Bonchev–Trinajstić information content (AvgIpc) is 2.69. The predicted octanol–water partition coefficient (Wildman–Crippen LogP) is 0.967. The van der Waals surface area contributed by atoms with Crippen LogP contribution in [0.3, 0.4) is 0 Å². The zero-order chi connectivity index (χ0) is 14.3. The second kappa shape index (κ2) is 5.56. The van der Waals surface area contributed by atoms with Gasteiger partial charge < -0.3 is 10.6 Å². The quantitative estimate of drug-likeness (QED) is 0.835. The molecule has 2 N–H and O–H groups in total. The molecule has 4 heteroatoms. The van der Waals surface area contributed by atoms with E-state index < -0.39 is 0 Å². The summed E-state index contributed by atoms with van der Waals surface area (Å²) in [5, 5.41) is 0. The maximum absolute atomic E-state index is 6.29. The van der Waals surface area contributed by atoms with Crippen molar-refractivity contribution >= 4 is 0 Å². The van der Waals surface area contributed by atoms with Crippen LogP contribution in [0.25, 0.3) is 0 Å². The highest BCUT2D eigenvalue weighted by Gasteiger charge is 2.49. The highest BCUT2D eigenvalue weighted by atomic mass is 15.3. The van der Waals surface area contributed by atoms with Gasteiger partial charge in [-0.25, -0.2) is 0 Å². The Kier molecular flexibility index (Phi) is 4.10. The Labute approximate surface area is 124 Å². The van der Waals surface area contributed by atoms with Crippen molar-refractivity contribution in [2.45, 2.75) is 63.2 Å². The third-order valence-electron chi connectivity index (χ3n) is 6.31. The molecule has 3 aliphatic rings. The maximum atomic E-state index is 6.29. The number of fused-ring (bicyclic) bond motifs is 2. The van der Waals surface area contributed by atoms with Crippen LogP contribution in [0.5, 0.6) is 0 Å². The fourth-order valence-electron chi connectivity index (χ4n) is 4.81. The van der Waals surface area contributed by atoms with Crippen LogP contribution in [0.1, 0.15) is 39.5 Å². The molecule has 116 valence electrons. The monoisotopic (exact) mass is 280 g/mol. The normalized spacial score (nSPS) is 40.6. The second-order valence-electron chi connectivity index (χ2n) is 7.50. The number of piperidine rings is 1. The van der Waals surface area contributed by atoms with Crippen molar-refractivity contribution in [3.05, 3.63) is 0 Å². The van der Waals surface area contributed by atoms with Gasteiger partial charge in [0.05, 0.1) is 0 Å². The van der Waals surface area contributed by atoms with Crippen LogP contribution in [0.15, 0.2) is 0 Å². The number of rotatable bonds is 3. The third kappa shape index (κ3) is 2.41. The minimum absolute atomic E-state index is 0.293. The Morgan fingerprint density at radius 1 is 1.05 bits per heavy atom. The molecule has 0 aromatic heterocycles. The zero-order valence-electron chi connectivity index (χ0n) is 13.5. The van der Waals surface area contributed by atoms with Gasteiger partial charge in [0.2, 0.25) is 0 Å². The first-order valence-corrected chi connectivity index (χ1v) is 8.47. The maximum Gasteiger partial charge on any atom is 0.0362 e. The van der Waals surface area contributed by atoms with Gasteiger partial charge in [-0.3, -0.25) is 9.80 Å². The summed E-state index contributed by atoms with van der Waals surface area (Å²) < 4.78 is 0. The lowest BCUT2D eigenvalue weighted by molar-refractivity contribution is -0.0289. The molecule has 3 saturated heterocycles. The molecule has 3 heterocycles. The van der Waals surface area contributed by atoms with Crippen LogP contribution >= 0.6 is 0 Å². The van der Waals surface area contributed by atoms with E-state index in [4.69, 9.17) is 5.73 Å². The summed E-state index contributed by atoms with van der Waals surface area (Å²) in [5.41, 5.74) is 6.58. The Hall–Kier alpha value is -0.160. The summed E-state index contributed by atoms with van der Waals surface area (Å²) in [6.07, 6.45) is 5.35. The Morgan fingerprint density at radius 2 is 1.60 bits per heavy atom. The van der Waals surface area contributed by atoms with E-state index in [2.05, 4.69) is 35.6 Å². The van der Waals surface area contributed by atoms with Crippen molar-refractivity contribution in [3.63, 3.8) is 0 Å². The first kappa shape index (κ1) is 14.8. The molecule has 0 aromatic rings. The lowest BCUT2D eigenvalue weighted by Gasteiger charge is -2.53. The van der Waals surface area contributed by atoms with E-state index in [1.807, 2.05) is 0 Å². The van der Waals surface area contributed by atoms with Crippen LogP contribution in [-0.2, 0) is 0 Å². The van der Waals surface area contributed by atoms with Crippen LogP contribution in [0.4, 0.5) is 0 Å². The smallest absolute Gasteiger partial charge is 0.0362 e. The van der Waals surface area contributed by atoms with Gasteiger partial charge in [0.15, 0.2) is 0 Å². The summed E-state index contributed by atoms with van der Waals surface area (Å²) in [5.74, 6) is 0. The largest absolute Gasteiger partial charge is 0.329 e. The minimum atomic E-state index is 0.293. The van der Waals surface area contributed by atoms with Crippen molar-refractivity contribution in [1.82, 2.24) is 14.7 Å². The van der Waals surface area contributed by atoms with Gasteiger partial charge in [-0.15, -0.1) is 0 Å². The van der Waals surface area contributed by atoms with Crippen molar-refractivity contribution in [1.29, 1.82) is 0 Å². The first-order chi connectivity index (χ1) is 9.55. The molecule has 3 aliphatic heterocycles. The van der Waals surface area contributed by atoms with Crippen LogP contribution in [0.2, 0.25) is 0 Å². The van der Waals surface area contributed by atoms with Crippen LogP contribution in [-0.4, -0.2) is 78.1 Å². The molecule has 20 heavy (non-hydrogen) atoms. The van der Waals surface area contributed by atoms with E-state index >= 15 is 0 Å². The van der Waals surface area contributed by atoms with Crippen molar-refractivity contribution in [2.75, 3.05) is 39.8 Å². The van der Waals surface area contributed by atoms with E-state index in [9.17, 15) is 0 Å². The van der Waals surface area contributed by atoms with Crippen LogP contribution < -0.4 is 5.73 Å². The Bertz CT molecular complexity index is 321. The number of piperazine rings is 1. The highest BCUT2D eigenvalue weighted by molar-refractivity contribution is 5.07. The molecule has 4 nitrogen and oxygen atoms in total. The van der Waals surface area contributed by atoms with E-state index in [0.29, 0.717) is 11.6 Å². The zero-order valence-corrected chi connectivity index (χ0v) is 13.5. The summed E-state index contributed by atoms with van der Waals surface area (Å²) >= 11 is 0. The SMILES string of the molecule is CC(C)N1CCN(C2(CN)CC3CCC(C2)N3C)CC1. The Balaban J connectivity index is 1.69. The molecule has 0 aromatic carbocycles. The number of hydrogen-bond donors (Lipinski definition) is 1. The van der Waals surface area contributed by atoms with Crippen molar-refractivity contribution < 1.29 is 0 Å². The van der Waals surface area contributed by atoms with Gasteiger partial charge in [-0.05, 0) is 46.6 Å². The molecular formula is C16H32N4. The van der Waals surface area contributed by atoms with Crippen molar-refractivity contribution in [3.8, 4) is 0 Å². The van der Waals surface area contributed by atoms with Gasteiger partial charge in [-0.1, -0.05) is 0 Å². The van der Waals surface area contributed by atoms with E-state index in [0.717, 1.165) is 18.6 Å². The lowest BCUT2D eigenvalue weighted by atomic mass is 9.81. The molecule has 0 spiro atoms. The average molecular weight is 280 g/mol. The fourth-order valence-corrected chi connectivity index (χ4v) is 4.81. The molecule has 0 amide bonds. The third-order valence-corrected chi connectivity index (χ3v) is 6.31. The highest BCUT2D eigenvalue weighted by Crippen LogP contribution is 2.42. The fraction of sp³-hybridized carbons (Fsp3) is 1.00. The van der Waals surface area contributed by atoms with Gasteiger partial charge in [0.25, 0.3) is 0 Å². The molecule has 0 aliphatic carbocycles. The molecule has 3 fully saturated rings. The molecule has 2 atom stereocenters. The number of hydrogen-bond acceptors (Lipinski definition) is 4. The topological polar surface area (TPSA) is 35.7 Å². The Morgan fingerprint density at radius 3 is 2.05 bits per heavy atom. The van der Waals surface area contributed by atoms with E-state index in [-0.39, 0.29) is 0 Å². The molecule has 2 unspecified atom stereocenters. The molecule has 0 radical (unpaired) electrons. The van der Waals surface area contributed by atoms with E-state index in [1.165, 1.54) is 51.9 Å². The summed E-state index contributed by atoms with van der Waals surface area (Å²) in [6.45, 7) is 10.3. The number of nitrogens with two attached hydrogens (primary N) is 1. The summed E-state index contributed by atoms with van der Waals surface area (Å²) in [6, 6.07) is 2.24. The standard InChI is InChI=1S/C16H32N4/c1-13(2)19-6-8-20(9-7-19)16(12-17)10-14-4-5-15(11-16)18(14)3/h13-15H,4-12,17H2,1-3H3. The van der Waals surface area contributed by atoms with Gasteiger partial charge in [0, 0.05) is 56.4 Å². The first-order valence-electron chi connectivity index (χ1n) is 8.47. The second-order valence-corrected chi connectivity index (χ2v) is 7.50. The van der Waals surface area contributed by atoms with E-state index in [1.54, 1.807) is 0 Å². The predicted molar refractivity (Wildman–Crippen MR) is 83.9 cm³/mol. The minimum Gasteiger partial charge on any atom is -0.329 e. The van der Waals surface area contributed by atoms with Gasteiger partial charge in [-0.2, -0.15) is 0 Å². The van der Waals surface area contributed by atoms with Gasteiger partial charge in [0.1, 0.15) is 0 Å². The molecule has 3 rings (SSSR count). The lowest BCUT2D eigenvalue weighted by Crippen LogP contribution is -2.65. The summed E-state index contributed by atoms with van der Waals surface area (Å²) in [7, 11) is 2.32. The summed E-state index contributed by atoms with van der Waals surface area (Å²) in [4.78, 5) is 7.97. The molecular weight excluding hydrogens is 248 g/mol. The van der Waals surface area contributed by atoms with Crippen molar-refractivity contribution in [2.24, 2.45) is 5.73 Å². The van der Waals surface area contributed by atoms with Gasteiger partial charge >= 0.3 is 0 Å². The van der Waals surface area contributed by atoms with Crippen LogP contribution in [0, 0.1) is 0 Å². The molecule has 2 bridgehead atoms. The number of nitrogens with zero attached hydrogens (tertiary/aromatic N) is 3.